The monoisotopic (exact) mass is 421 g/mol. The first-order chi connectivity index (χ1) is 14.7. The van der Waals surface area contributed by atoms with E-state index in [-0.39, 0.29) is 5.91 Å². The zero-order valence-corrected chi connectivity index (χ0v) is 17.2. The summed E-state index contributed by atoms with van der Waals surface area (Å²) >= 11 is 1.41. The van der Waals surface area contributed by atoms with Crippen molar-refractivity contribution >= 4 is 34.6 Å². The Morgan fingerprint density at radius 2 is 1.90 bits per heavy atom. The Morgan fingerprint density at radius 1 is 1.10 bits per heavy atom. The van der Waals surface area contributed by atoms with Gasteiger partial charge in [-0.25, -0.2) is 4.99 Å². The van der Waals surface area contributed by atoms with Gasteiger partial charge in [-0.2, -0.15) is 15.4 Å². The first-order valence-electron chi connectivity index (χ1n) is 9.08. The van der Waals surface area contributed by atoms with Gasteiger partial charge in [0.25, 0.3) is 5.91 Å². The standard InChI is InChI=1S/C21H19N5O3S/c1-28-17-8-6-14(7-9-17)10-19-20(27)26(16-4-3-5-18(11-16)29-2)21(23-19)30-13-15-12-22-25-24-15/h3-12H,13H2,1-2H3,(H,22,24,25)/b19-10+. The predicted molar refractivity (Wildman–Crippen MR) is 117 cm³/mol. The van der Waals surface area contributed by atoms with Crippen LogP contribution in [0.3, 0.4) is 0 Å². The van der Waals surface area contributed by atoms with E-state index in [1.54, 1.807) is 37.5 Å². The number of carbonyl (C=O) groups is 1. The van der Waals surface area contributed by atoms with Crippen molar-refractivity contribution in [2.45, 2.75) is 5.75 Å². The minimum atomic E-state index is -0.207. The van der Waals surface area contributed by atoms with Gasteiger partial charge in [-0.15, -0.1) is 0 Å². The van der Waals surface area contributed by atoms with Crippen LogP contribution in [0.25, 0.3) is 6.08 Å². The Morgan fingerprint density at radius 3 is 2.60 bits per heavy atom. The Kier molecular flexibility index (Phi) is 5.80. The lowest BCUT2D eigenvalue weighted by Gasteiger charge is -2.18. The third kappa shape index (κ3) is 4.20. The van der Waals surface area contributed by atoms with E-state index in [0.29, 0.717) is 28.1 Å². The summed E-state index contributed by atoms with van der Waals surface area (Å²) in [5.41, 5.74) is 2.67. The van der Waals surface area contributed by atoms with E-state index >= 15 is 0 Å². The number of aliphatic imine (C=N–C) groups is 1. The second-order valence-electron chi connectivity index (χ2n) is 6.29. The lowest BCUT2D eigenvalue weighted by Crippen LogP contribution is -2.30. The number of methoxy groups -OCH3 is 2. The van der Waals surface area contributed by atoms with Crippen LogP contribution in [0, 0.1) is 0 Å². The molecule has 1 amide bonds. The van der Waals surface area contributed by atoms with Gasteiger partial charge >= 0.3 is 0 Å². The number of benzene rings is 2. The number of amidine groups is 1. The smallest absolute Gasteiger partial charge is 0.283 e. The number of ether oxygens (including phenoxy) is 2. The van der Waals surface area contributed by atoms with Crippen molar-refractivity contribution in [3.05, 3.63) is 71.7 Å². The van der Waals surface area contributed by atoms with Crippen molar-refractivity contribution in [1.82, 2.24) is 15.4 Å². The maximum Gasteiger partial charge on any atom is 0.283 e. The fraction of sp³-hybridized carbons (Fsp3) is 0.143. The third-order valence-corrected chi connectivity index (χ3v) is 5.35. The zero-order chi connectivity index (χ0) is 20.9. The number of nitrogens with one attached hydrogen (secondary N) is 1. The number of hydrogen-bond acceptors (Lipinski definition) is 7. The molecule has 2 aromatic carbocycles. The Balaban J connectivity index is 1.67. The number of rotatable bonds is 6. The van der Waals surface area contributed by atoms with Crippen molar-refractivity contribution in [3.8, 4) is 11.5 Å². The van der Waals surface area contributed by atoms with Crippen LogP contribution >= 0.6 is 11.8 Å². The van der Waals surface area contributed by atoms with Crippen molar-refractivity contribution < 1.29 is 14.3 Å². The first kappa shape index (κ1) is 19.7. The summed E-state index contributed by atoms with van der Waals surface area (Å²) < 4.78 is 10.5. The minimum Gasteiger partial charge on any atom is -0.497 e. The van der Waals surface area contributed by atoms with Gasteiger partial charge in [-0.1, -0.05) is 30.0 Å². The molecule has 0 fully saturated rings. The van der Waals surface area contributed by atoms with E-state index in [2.05, 4.69) is 20.4 Å². The second kappa shape index (κ2) is 8.83. The highest BCUT2D eigenvalue weighted by Gasteiger charge is 2.32. The van der Waals surface area contributed by atoms with E-state index in [1.807, 2.05) is 42.5 Å². The number of nitrogens with zero attached hydrogens (tertiary/aromatic N) is 4. The molecule has 0 saturated heterocycles. The van der Waals surface area contributed by atoms with Crippen LogP contribution in [0.15, 0.2) is 65.4 Å². The summed E-state index contributed by atoms with van der Waals surface area (Å²) in [4.78, 5) is 19.4. The fourth-order valence-electron chi connectivity index (χ4n) is 2.86. The molecule has 2 heterocycles. The molecule has 1 N–H and O–H groups in total. The minimum absolute atomic E-state index is 0.207. The van der Waals surface area contributed by atoms with Crippen LogP contribution in [0.5, 0.6) is 11.5 Å². The van der Waals surface area contributed by atoms with Crippen LogP contribution in [0.4, 0.5) is 5.69 Å². The number of thioether (sulfide) groups is 1. The van der Waals surface area contributed by atoms with Crippen LogP contribution in [-0.2, 0) is 10.5 Å². The van der Waals surface area contributed by atoms with Crippen LogP contribution in [0.1, 0.15) is 11.3 Å². The topological polar surface area (TPSA) is 92.7 Å². The molecule has 8 nitrogen and oxygen atoms in total. The van der Waals surface area contributed by atoms with Gasteiger partial charge in [0.2, 0.25) is 0 Å². The molecule has 0 unspecified atom stereocenters. The van der Waals surface area contributed by atoms with Gasteiger partial charge in [0.05, 0.1) is 31.8 Å². The highest BCUT2D eigenvalue weighted by atomic mass is 32.2. The van der Waals surface area contributed by atoms with E-state index in [4.69, 9.17) is 9.47 Å². The number of H-pyrrole nitrogens is 1. The Bertz CT molecular complexity index is 1090. The normalized spacial score (nSPS) is 14.9. The van der Waals surface area contributed by atoms with Crippen molar-refractivity contribution in [3.63, 3.8) is 0 Å². The summed E-state index contributed by atoms with van der Waals surface area (Å²) in [6, 6.07) is 14.8. The molecule has 1 aliphatic rings. The molecular weight excluding hydrogens is 402 g/mol. The molecule has 0 aliphatic carbocycles. The fourth-order valence-corrected chi connectivity index (χ4v) is 3.76. The van der Waals surface area contributed by atoms with E-state index in [9.17, 15) is 4.79 Å². The average Bonchev–Trinajstić information content (AvgIpc) is 3.41. The molecule has 4 rings (SSSR count). The largest absolute Gasteiger partial charge is 0.497 e. The van der Waals surface area contributed by atoms with E-state index < -0.39 is 0 Å². The SMILES string of the molecule is COc1ccc(/C=C2/N=C(SCc3cn[nH]n3)N(c3cccc(OC)c3)C2=O)cc1. The molecule has 9 heteroatoms. The Hall–Kier alpha value is -3.59. The Labute approximate surface area is 177 Å². The lowest BCUT2D eigenvalue weighted by molar-refractivity contribution is -0.113. The van der Waals surface area contributed by atoms with Crippen LogP contribution < -0.4 is 14.4 Å². The molecule has 3 aromatic rings. The summed E-state index contributed by atoms with van der Waals surface area (Å²) in [7, 11) is 3.21. The van der Waals surface area contributed by atoms with Crippen molar-refractivity contribution in [2.75, 3.05) is 19.1 Å². The quantitative estimate of drug-likeness (QED) is 0.613. The highest BCUT2D eigenvalue weighted by Crippen LogP contribution is 2.32. The van der Waals surface area contributed by atoms with Crippen LogP contribution in [0.2, 0.25) is 0 Å². The maximum absolute atomic E-state index is 13.2. The third-order valence-electron chi connectivity index (χ3n) is 4.37. The second-order valence-corrected chi connectivity index (χ2v) is 7.23. The highest BCUT2D eigenvalue weighted by molar-refractivity contribution is 8.13. The van der Waals surface area contributed by atoms with Crippen LogP contribution in [-0.4, -0.2) is 40.7 Å². The summed E-state index contributed by atoms with van der Waals surface area (Å²) in [5.74, 6) is 1.73. The number of carbonyl (C=O) groups excluding carboxylic acids is 1. The molecule has 1 aliphatic heterocycles. The molecule has 0 bridgehead atoms. The number of anilines is 1. The maximum atomic E-state index is 13.2. The summed E-state index contributed by atoms with van der Waals surface area (Å²) in [5, 5.41) is 11.0. The molecule has 0 saturated carbocycles. The zero-order valence-electron chi connectivity index (χ0n) is 16.4. The van der Waals surface area contributed by atoms with Gasteiger partial charge in [0, 0.05) is 11.8 Å². The first-order valence-corrected chi connectivity index (χ1v) is 10.1. The van der Waals surface area contributed by atoms with Gasteiger partial charge in [-0.3, -0.25) is 9.69 Å². The van der Waals surface area contributed by atoms with Crippen molar-refractivity contribution in [2.24, 2.45) is 4.99 Å². The van der Waals surface area contributed by atoms with E-state index in [0.717, 1.165) is 17.0 Å². The van der Waals surface area contributed by atoms with E-state index in [1.165, 1.54) is 11.8 Å². The molecule has 0 radical (unpaired) electrons. The predicted octanol–water partition coefficient (Wildman–Crippen LogP) is 3.50. The van der Waals surface area contributed by atoms with Gasteiger partial charge in [0.1, 0.15) is 17.2 Å². The number of amides is 1. The molecule has 152 valence electrons. The van der Waals surface area contributed by atoms with Gasteiger partial charge < -0.3 is 9.47 Å². The average molecular weight is 421 g/mol. The number of aromatic nitrogens is 3. The molecule has 0 atom stereocenters. The molecular formula is C21H19N5O3S. The molecule has 1 aromatic heterocycles. The molecule has 0 spiro atoms. The number of hydrogen-bond donors (Lipinski definition) is 1. The van der Waals surface area contributed by atoms with Gasteiger partial charge in [-0.05, 0) is 35.9 Å². The molecule has 30 heavy (non-hydrogen) atoms. The van der Waals surface area contributed by atoms with Crippen molar-refractivity contribution in [1.29, 1.82) is 0 Å². The summed E-state index contributed by atoms with van der Waals surface area (Å²) in [6.45, 7) is 0. The number of aromatic amines is 1. The lowest BCUT2D eigenvalue weighted by atomic mass is 10.2. The van der Waals surface area contributed by atoms with Gasteiger partial charge in [0.15, 0.2) is 5.17 Å². The summed E-state index contributed by atoms with van der Waals surface area (Å²) in [6.07, 6.45) is 3.41.